The van der Waals surface area contributed by atoms with Gasteiger partial charge in [-0.2, -0.15) is 0 Å². The monoisotopic (exact) mass is 350 g/mol. The van der Waals surface area contributed by atoms with E-state index < -0.39 is 23.7 Å². The second kappa shape index (κ2) is 7.63. The third-order valence-corrected chi connectivity index (χ3v) is 4.03. The highest BCUT2D eigenvalue weighted by molar-refractivity contribution is 5.98. The summed E-state index contributed by atoms with van der Waals surface area (Å²) in [6, 6.07) is 2.68. The van der Waals surface area contributed by atoms with Crippen LogP contribution < -0.4 is 5.32 Å². The van der Waals surface area contributed by atoms with Gasteiger partial charge in [-0.15, -0.1) is 0 Å². The molecule has 136 valence electrons. The molecule has 1 aliphatic carbocycles. The zero-order chi connectivity index (χ0) is 18.7. The first-order chi connectivity index (χ1) is 11.7. The number of carbonyl (C=O) groups excluding carboxylic acids is 2. The van der Waals surface area contributed by atoms with Gasteiger partial charge in [0.15, 0.2) is 0 Å². The molecule has 0 heterocycles. The van der Waals surface area contributed by atoms with Crippen molar-refractivity contribution in [2.45, 2.75) is 52.1 Å². The predicted octanol–water partition coefficient (Wildman–Crippen LogP) is 2.89. The third-order valence-electron chi connectivity index (χ3n) is 4.03. The lowest BCUT2D eigenvalue weighted by Gasteiger charge is -2.26. The molecule has 1 saturated carbocycles. The van der Waals surface area contributed by atoms with E-state index in [0.29, 0.717) is 0 Å². The number of aliphatic carboxylic acids is 1. The summed E-state index contributed by atoms with van der Waals surface area (Å²) in [7, 11) is 0. The molecule has 1 unspecified atom stereocenters. The van der Waals surface area contributed by atoms with Gasteiger partial charge in [0.1, 0.15) is 11.9 Å². The van der Waals surface area contributed by atoms with E-state index in [1.165, 1.54) is 24.0 Å². The molecule has 0 aliphatic heterocycles. The summed E-state index contributed by atoms with van der Waals surface area (Å²) in [4.78, 5) is 36.9. The largest absolute Gasteiger partial charge is 0.480 e. The van der Waals surface area contributed by atoms with Crippen LogP contribution in [0.15, 0.2) is 18.2 Å². The highest BCUT2D eigenvalue weighted by atomic mass is 19.1. The molecule has 2 amide bonds. The van der Waals surface area contributed by atoms with Crippen LogP contribution in [0, 0.1) is 11.7 Å². The van der Waals surface area contributed by atoms with Crippen molar-refractivity contribution in [1.29, 1.82) is 0 Å². The van der Waals surface area contributed by atoms with Crippen LogP contribution in [0.4, 0.5) is 10.1 Å². The number of hydrogen-bond donors (Lipinski definition) is 2. The van der Waals surface area contributed by atoms with Crippen LogP contribution in [0.3, 0.4) is 0 Å². The van der Waals surface area contributed by atoms with Crippen molar-refractivity contribution in [3.63, 3.8) is 0 Å². The number of anilines is 1. The van der Waals surface area contributed by atoms with Crippen LogP contribution in [-0.4, -0.2) is 39.9 Å². The summed E-state index contributed by atoms with van der Waals surface area (Å²) in [5.41, 5.74) is 0.0748. The van der Waals surface area contributed by atoms with E-state index in [4.69, 9.17) is 0 Å². The Morgan fingerprint density at radius 2 is 1.92 bits per heavy atom. The van der Waals surface area contributed by atoms with Gasteiger partial charge >= 0.3 is 5.97 Å². The van der Waals surface area contributed by atoms with Crippen LogP contribution in [0.1, 0.15) is 50.4 Å². The van der Waals surface area contributed by atoms with Gasteiger partial charge in [0.25, 0.3) is 5.91 Å². The molecule has 1 aliphatic rings. The Morgan fingerprint density at radius 3 is 2.40 bits per heavy atom. The lowest BCUT2D eigenvalue weighted by atomic mass is 10.1. The van der Waals surface area contributed by atoms with E-state index in [-0.39, 0.29) is 35.5 Å². The minimum Gasteiger partial charge on any atom is -0.480 e. The Hall–Kier alpha value is -2.44. The van der Waals surface area contributed by atoms with E-state index >= 15 is 0 Å². The topological polar surface area (TPSA) is 86.7 Å². The molecule has 1 aromatic carbocycles. The first-order valence-corrected chi connectivity index (χ1v) is 8.35. The molecule has 1 fully saturated rings. The number of halogens is 1. The van der Waals surface area contributed by atoms with Crippen LogP contribution in [0.2, 0.25) is 0 Å². The van der Waals surface area contributed by atoms with Gasteiger partial charge in [0.05, 0.1) is 5.69 Å². The Labute approximate surface area is 146 Å². The van der Waals surface area contributed by atoms with E-state index in [2.05, 4.69) is 5.32 Å². The van der Waals surface area contributed by atoms with Crippen molar-refractivity contribution >= 4 is 23.5 Å². The second-order valence-electron chi connectivity index (χ2n) is 6.80. The van der Waals surface area contributed by atoms with Crippen LogP contribution in [-0.2, 0) is 9.59 Å². The molecule has 0 aromatic heterocycles. The zero-order valence-corrected chi connectivity index (χ0v) is 14.6. The van der Waals surface area contributed by atoms with Gasteiger partial charge in [-0.25, -0.2) is 9.18 Å². The van der Waals surface area contributed by atoms with Gasteiger partial charge in [-0.1, -0.05) is 13.8 Å². The number of carboxylic acids is 1. The van der Waals surface area contributed by atoms with Gasteiger partial charge < -0.3 is 15.3 Å². The number of hydrogen-bond acceptors (Lipinski definition) is 3. The van der Waals surface area contributed by atoms with Gasteiger partial charge in [-0.3, -0.25) is 9.59 Å². The van der Waals surface area contributed by atoms with E-state index in [0.717, 1.165) is 18.9 Å². The molecule has 0 spiro atoms. The lowest BCUT2D eigenvalue weighted by Crippen LogP contribution is -2.44. The Bertz CT molecular complexity index is 686. The molecule has 1 atom stereocenters. The molecular formula is C18H23FN2O4. The summed E-state index contributed by atoms with van der Waals surface area (Å²) in [6.45, 7) is 5.21. The zero-order valence-electron chi connectivity index (χ0n) is 14.6. The number of amides is 2. The fourth-order valence-electron chi connectivity index (χ4n) is 2.60. The van der Waals surface area contributed by atoms with Gasteiger partial charge in [0.2, 0.25) is 5.91 Å². The molecule has 0 radical (unpaired) electrons. The summed E-state index contributed by atoms with van der Waals surface area (Å²) in [5.74, 6) is -2.49. The maximum atomic E-state index is 14.2. The van der Waals surface area contributed by atoms with Crippen LogP contribution in [0.25, 0.3) is 0 Å². The third kappa shape index (κ3) is 4.78. The minimum absolute atomic E-state index is 0.00598. The maximum Gasteiger partial charge on any atom is 0.326 e. The summed E-state index contributed by atoms with van der Waals surface area (Å²) in [5, 5.41) is 11.7. The van der Waals surface area contributed by atoms with E-state index in [9.17, 15) is 23.9 Å². The second-order valence-corrected chi connectivity index (χ2v) is 6.80. The number of benzene rings is 1. The molecule has 2 N–H and O–H groups in total. The normalized spacial score (nSPS) is 14.9. The standard InChI is InChI=1S/C18H23FN2O4/c1-10(2)8-16(22)20-15-7-4-12(9-14(15)19)17(23)21(13-5-6-13)11(3)18(24)25/h4,7,9-11,13H,5-6,8H2,1-3H3,(H,20,22)(H,24,25). The van der Waals surface area contributed by atoms with Crippen LogP contribution in [0.5, 0.6) is 0 Å². The predicted molar refractivity (Wildman–Crippen MR) is 90.8 cm³/mol. The maximum absolute atomic E-state index is 14.2. The van der Waals surface area contributed by atoms with Crippen LogP contribution >= 0.6 is 0 Å². The fourth-order valence-corrected chi connectivity index (χ4v) is 2.60. The molecule has 7 heteroatoms. The quantitative estimate of drug-likeness (QED) is 0.792. The first-order valence-electron chi connectivity index (χ1n) is 8.35. The Kier molecular flexibility index (Phi) is 5.77. The van der Waals surface area contributed by atoms with Crippen molar-refractivity contribution in [2.75, 3.05) is 5.32 Å². The van der Waals surface area contributed by atoms with Crippen molar-refractivity contribution in [1.82, 2.24) is 4.90 Å². The molecule has 25 heavy (non-hydrogen) atoms. The number of carboxylic acid groups (broad SMARTS) is 1. The molecule has 1 aromatic rings. The SMILES string of the molecule is CC(C)CC(=O)Nc1ccc(C(=O)N(C2CC2)C(C)C(=O)O)cc1F. The average Bonchev–Trinajstić information content (AvgIpc) is 3.33. The highest BCUT2D eigenvalue weighted by Crippen LogP contribution is 2.30. The fraction of sp³-hybridized carbons (Fsp3) is 0.500. The molecule has 2 rings (SSSR count). The number of rotatable bonds is 7. The van der Waals surface area contributed by atoms with Crippen molar-refractivity contribution < 1.29 is 23.9 Å². The van der Waals surface area contributed by atoms with Crippen molar-refractivity contribution in [3.8, 4) is 0 Å². The highest BCUT2D eigenvalue weighted by Gasteiger charge is 2.38. The molecule has 6 nitrogen and oxygen atoms in total. The number of nitrogens with one attached hydrogen (secondary N) is 1. The first kappa shape index (κ1) is 18.9. The average molecular weight is 350 g/mol. The number of nitrogens with zero attached hydrogens (tertiary/aromatic N) is 1. The van der Waals surface area contributed by atoms with Gasteiger partial charge in [-0.05, 0) is 43.9 Å². The van der Waals surface area contributed by atoms with Crippen molar-refractivity contribution in [2.24, 2.45) is 5.92 Å². The van der Waals surface area contributed by atoms with Gasteiger partial charge in [0, 0.05) is 18.0 Å². The smallest absolute Gasteiger partial charge is 0.326 e. The van der Waals surface area contributed by atoms with E-state index in [1.807, 2.05) is 13.8 Å². The molecular weight excluding hydrogens is 327 g/mol. The molecule has 0 saturated heterocycles. The number of carbonyl (C=O) groups is 3. The molecule has 0 bridgehead atoms. The Balaban J connectivity index is 2.16. The summed E-state index contributed by atoms with van der Waals surface area (Å²) < 4.78 is 14.2. The van der Waals surface area contributed by atoms with E-state index in [1.54, 1.807) is 0 Å². The summed E-state index contributed by atoms with van der Waals surface area (Å²) >= 11 is 0. The lowest BCUT2D eigenvalue weighted by molar-refractivity contribution is -0.141. The minimum atomic E-state index is -1.10. The summed E-state index contributed by atoms with van der Waals surface area (Å²) in [6.07, 6.45) is 1.76. The van der Waals surface area contributed by atoms with Crippen molar-refractivity contribution in [3.05, 3.63) is 29.6 Å². The Morgan fingerprint density at radius 1 is 1.28 bits per heavy atom.